The lowest BCUT2D eigenvalue weighted by Gasteiger charge is -2.33. The number of rotatable bonds is 3. The van der Waals surface area contributed by atoms with Crippen molar-refractivity contribution in [1.82, 2.24) is 10.6 Å². The Morgan fingerprint density at radius 1 is 1.53 bits per heavy atom. The molecule has 0 saturated carbocycles. The first-order valence-corrected chi connectivity index (χ1v) is 6.39. The van der Waals surface area contributed by atoms with Crippen molar-refractivity contribution in [3.05, 3.63) is 0 Å². The molecule has 17 heavy (non-hydrogen) atoms. The highest BCUT2D eigenvalue weighted by atomic mass is 16.6. The van der Waals surface area contributed by atoms with Gasteiger partial charge in [-0.25, -0.2) is 0 Å². The van der Waals surface area contributed by atoms with Gasteiger partial charge in [-0.3, -0.25) is 4.79 Å². The lowest BCUT2D eigenvalue weighted by Crippen LogP contribution is -2.51. The molecule has 0 aliphatic carbocycles. The van der Waals surface area contributed by atoms with Gasteiger partial charge in [0.2, 0.25) is 5.91 Å². The Labute approximate surface area is 102 Å². The van der Waals surface area contributed by atoms with Crippen LogP contribution in [-0.2, 0) is 14.3 Å². The molecule has 0 aromatic carbocycles. The van der Waals surface area contributed by atoms with Crippen molar-refractivity contribution in [3.8, 4) is 0 Å². The van der Waals surface area contributed by atoms with Crippen molar-refractivity contribution >= 4 is 5.91 Å². The molecule has 0 aromatic heterocycles. The third-order valence-corrected chi connectivity index (χ3v) is 3.52. The number of nitrogens with one attached hydrogen (secondary N) is 2. The van der Waals surface area contributed by atoms with Crippen LogP contribution in [0.25, 0.3) is 0 Å². The van der Waals surface area contributed by atoms with Crippen molar-refractivity contribution in [2.75, 3.05) is 39.5 Å². The zero-order chi connectivity index (χ0) is 12.1. The highest BCUT2D eigenvalue weighted by Crippen LogP contribution is 2.25. The molecule has 0 radical (unpaired) electrons. The van der Waals surface area contributed by atoms with E-state index in [1.807, 2.05) is 6.92 Å². The van der Waals surface area contributed by atoms with Gasteiger partial charge in [0.15, 0.2) is 0 Å². The summed E-state index contributed by atoms with van der Waals surface area (Å²) in [4.78, 5) is 12.1. The number of ether oxygens (including phenoxy) is 2. The van der Waals surface area contributed by atoms with Crippen LogP contribution < -0.4 is 10.6 Å². The molecule has 2 atom stereocenters. The average molecular weight is 242 g/mol. The minimum absolute atomic E-state index is 0.00727. The predicted molar refractivity (Wildman–Crippen MR) is 63.8 cm³/mol. The fraction of sp³-hybridized carbons (Fsp3) is 0.917. The van der Waals surface area contributed by atoms with Crippen LogP contribution in [0, 0.1) is 5.41 Å². The van der Waals surface area contributed by atoms with Gasteiger partial charge in [-0.05, 0) is 26.3 Å². The molecule has 0 spiro atoms. The minimum atomic E-state index is -0.270. The molecule has 2 fully saturated rings. The van der Waals surface area contributed by atoms with E-state index in [1.165, 1.54) is 0 Å². The topological polar surface area (TPSA) is 59.6 Å². The maximum absolute atomic E-state index is 12.1. The molecule has 2 aliphatic heterocycles. The fourth-order valence-electron chi connectivity index (χ4n) is 2.32. The first-order chi connectivity index (χ1) is 8.21. The maximum atomic E-state index is 12.1. The van der Waals surface area contributed by atoms with Crippen LogP contribution in [0.1, 0.15) is 19.8 Å². The second-order valence-electron chi connectivity index (χ2n) is 5.12. The Hall–Kier alpha value is -0.650. The smallest absolute Gasteiger partial charge is 0.227 e. The lowest BCUT2D eigenvalue weighted by atomic mass is 9.82. The second-order valence-corrected chi connectivity index (χ2v) is 5.12. The van der Waals surface area contributed by atoms with Gasteiger partial charge in [-0.1, -0.05) is 0 Å². The van der Waals surface area contributed by atoms with E-state index < -0.39 is 0 Å². The third kappa shape index (κ3) is 3.40. The number of carbonyl (C=O) groups is 1. The second kappa shape index (κ2) is 5.80. The normalized spacial score (nSPS) is 34.3. The van der Waals surface area contributed by atoms with Crippen LogP contribution in [0.4, 0.5) is 0 Å². The first-order valence-electron chi connectivity index (χ1n) is 6.39. The molecule has 2 heterocycles. The highest BCUT2D eigenvalue weighted by molar-refractivity contribution is 5.82. The molecule has 0 bridgehead atoms. The molecule has 2 unspecified atom stereocenters. The van der Waals surface area contributed by atoms with E-state index in [4.69, 9.17) is 9.47 Å². The zero-order valence-electron chi connectivity index (χ0n) is 10.5. The van der Waals surface area contributed by atoms with E-state index in [2.05, 4.69) is 10.6 Å². The third-order valence-electron chi connectivity index (χ3n) is 3.52. The van der Waals surface area contributed by atoms with Crippen molar-refractivity contribution < 1.29 is 14.3 Å². The van der Waals surface area contributed by atoms with Gasteiger partial charge in [0, 0.05) is 13.1 Å². The molecular weight excluding hydrogens is 220 g/mol. The van der Waals surface area contributed by atoms with Crippen molar-refractivity contribution in [3.63, 3.8) is 0 Å². The lowest BCUT2D eigenvalue weighted by molar-refractivity contribution is -0.133. The molecule has 98 valence electrons. The van der Waals surface area contributed by atoms with Gasteiger partial charge in [0.05, 0.1) is 31.3 Å². The summed E-state index contributed by atoms with van der Waals surface area (Å²) in [6.07, 6.45) is 2.02. The monoisotopic (exact) mass is 242 g/mol. The van der Waals surface area contributed by atoms with Gasteiger partial charge in [0.1, 0.15) is 0 Å². The summed E-state index contributed by atoms with van der Waals surface area (Å²) >= 11 is 0. The van der Waals surface area contributed by atoms with Gasteiger partial charge in [-0.2, -0.15) is 0 Å². The molecule has 5 nitrogen and oxygen atoms in total. The van der Waals surface area contributed by atoms with Crippen LogP contribution in [-0.4, -0.2) is 51.5 Å². The molecule has 2 N–H and O–H groups in total. The number of piperidine rings is 1. The first kappa shape index (κ1) is 12.8. The summed E-state index contributed by atoms with van der Waals surface area (Å²) in [6, 6.07) is 0. The Bertz CT molecular complexity index is 258. The fourth-order valence-corrected chi connectivity index (χ4v) is 2.32. The summed E-state index contributed by atoms with van der Waals surface area (Å²) in [6.45, 7) is 6.21. The molecule has 2 saturated heterocycles. The van der Waals surface area contributed by atoms with Crippen molar-refractivity contribution in [1.29, 1.82) is 0 Å². The van der Waals surface area contributed by atoms with Gasteiger partial charge < -0.3 is 20.1 Å². The van der Waals surface area contributed by atoms with Gasteiger partial charge >= 0.3 is 0 Å². The van der Waals surface area contributed by atoms with E-state index in [0.29, 0.717) is 26.4 Å². The largest absolute Gasteiger partial charge is 0.376 e. The Morgan fingerprint density at radius 3 is 3.06 bits per heavy atom. The highest BCUT2D eigenvalue weighted by Gasteiger charge is 2.34. The molecule has 1 amide bonds. The van der Waals surface area contributed by atoms with Crippen LogP contribution in [0.2, 0.25) is 0 Å². The zero-order valence-corrected chi connectivity index (χ0v) is 10.5. The summed E-state index contributed by atoms with van der Waals surface area (Å²) in [5, 5.41) is 6.26. The van der Waals surface area contributed by atoms with Gasteiger partial charge in [-0.15, -0.1) is 0 Å². The SMILES string of the molecule is CC1(C(=O)NCC2COCCO2)CCCNC1. The number of carbonyl (C=O) groups excluding carboxylic acids is 1. The molecule has 0 aromatic rings. The quantitative estimate of drug-likeness (QED) is 0.726. The number of hydrogen-bond acceptors (Lipinski definition) is 4. The van der Waals surface area contributed by atoms with Crippen molar-refractivity contribution in [2.24, 2.45) is 5.41 Å². The van der Waals surface area contributed by atoms with Crippen LogP contribution in [0.3, 0.4) is 0 Å². The Morgan fingerprint density at radius 2 is 2.41 bits per heavy atom. The molecular formula is C12H22N2O3. The molecule has 5 heteroatoms. The van der Waals surface area contributed by atoms with Crippen LogP contribution in [0.15, 0.2) is 0 Å². The number of amides is 1. The van der Waals surface area contributed by atoms with Crippen LogP contribution >= 0.6 is 0 Å². The Balaban J connectivity index is 1.75. The number of hydrogen-bond donors (Lipinski definition) is 2. The summed E-state index contributed by atoms with van der Waals surface area (Å²) in [5.41, 5.74) is -0.270. The van der Waals surface area contributed by atoms with E-state index >= 15 is 0 Å². The van der Waals surface area contributed by atoms with E-state index in [1.54, 1.807) is 0 Å². The van der Waals surface area contributed by atoms with Crippen LogP contribution in [0.5, 0.6) is 0 Å². The molecule has 2 aliphatic rings. The predicted octanol–water partition coefficient (Wildman–Crippen LogP) is -0.0923. The van der Waals surface area contributed by atoms with E-state index in [0.717, 1.165) is 25.9 Å². The van der Waals surface area contributed by atoms with E-state index in [-0.39, 0.29) is 17.4 Å². The van der Waals surface area contributed by atoms with Gasteiger partial charge in [0.25, 0.3) is 0 Å². The summed E-state index contributed by atoms with van der Waals surface area (Å²) in [5.74, 6) is 0.124. The maximum Gasteiger partial charge on any atom is 0.227 e. The summed E-state index contributed by atoms with van der Waals surface area (Å²) < 4.78 is 10.8. The Kier molecular flexibility index (Phi) is 4.36. The average Bonchev–Trinajstić information content (AvgIpc) is 2.38. The summed E-state index contributed by atoms with van der Waals surface area (Å²) in [7, 11) is 0. The minimum Gasteiger partial charge on any atom is -0.376 e. The van der Waals surface area contributed by atoms with E-state index in [9.17, 15) is 4.79 Å². The standard InChI is InChI=1S/C12H22N2O3/c1-12(3-2-4-13-9-12)11(15)14-7-10-8-16-5-6-17-10/h10,13H,2-9H2,1H3,(H,14,15). The molecule has 2 rings (SSSR count). The van der Waals surface area contributed by atoms with Crippen molar-refractivity contribution in [2.45, 2.75) is 25.9 Å².